The third kappa shape index (κ3) is 9.94. The first-order valence-electron chi connectivity index (χ1n) is 16.9. The fourth-order valence-corrected chi connectivity index (χ4v) is 7.52. The van der Waals surface area contributed by atoms with E-state index in [0.29, 0.717) is 50.4 Å². The summed E-state index contributed by atoms with van der Waals surface area (Å²) in [5.41, 5.74) is 0.351. The van der Waals surface area contributed by atoms with E-state index in [1.165, 1.54) is 12.8 Å². The van der Waals surface area contributed by atoms with Gasteiger partial charge in [0.05, 0.1) is 24.9 Å². The smallest absolute Gasteiger partial charge is 0.410 e. The highest BCUT2D eigenvalue weighted by Gasteiger charge is 2.46. The first-order chi connectivity index (χ1) is 21.4. The number of alkyl halides is 1. The van der Waals surface area contributed by atoms with Gasteiger partial charge in [-0.25, -0.2) is 9.18 Å². The normalized spacial score (nSPS) is 28.3. The van der Waals surface area contributed by atoms with Gasteiger partial charge in [-0.2, -0.15) is 0 Å². The number of piperidine rings is 1. The van der Waals surface area contributed by atoms with E-state index in [-0.39, 0.29) is 49.0 Å². The summed E-state index contributed by atoms with van der Waals surface area (Å²) in [6.45, 7) is 6.72. The minimum absolute atomic E-state index is 0.0198. The zero-order valence-electron chi connectivity index (χ0n) is 26.9. The molecule has 2 saturated heterocycles. The Morgan fingerprint density at radius 2 is 1.64 bits per heavy atom. The molecule has 4 aliphatic rings. The van der Waals surface area contributed by atoms with Crippen LogP contribution in [-0.2, 0) is 14.3 Å². The number of nitrogens with one attached hydrogen (secondary N) is 1. The first-order valence-corrected chi connectivity index (χ1v) is 16.9. The maximum atomic E-state index is 15.0. The largest absolute Gasteiger partial charge is 0.447 e. The Balaban J connectivity index is 1.02. The van der Waals surface area contributed by atoms with Crippen molar-refractivity contribution in [2.45, 2.75) is 114 Å². The van der Waals surface area contributed by atoms with Crippen LogP contribution in [0.3, 0.4) is 0 Å². The fourth-order valence-electron chi connectivity index (χ4n) is 7.52. The number of carbonyl (C=O) groups is 2. The summed E-state index contributed by atoms with van der Waals surface area (Å²) in [5, 5.41) is 50.8. The van der Waals surface area contributed by atoms with E-state index in [9.17, 15) is 30.0 Å². The number of carbonyl (C=O) groups excluding carboxylic acids is 2. The molecule has 13 heteroatoms. The molecule has 3 unspecified atom stereocenters. The van der Waals surface area contributed by atoms with Gasteiger partial charge in [-0.15, -0.1) is 0 Å². The standard InChI is InChI=1S/C32H56FN3O9/c1-20(2)45-31(43)35-8-6-32(7-9-35)13-21(14-32)5-10-44-24-4-3-23(25(33)12-24)11-28(40)36-17-22(18-36)15-34-16-26(38)29(41)30(42)27(39)19-37/h20-27,29-30,34,37-39,41-42H,3-19H2,1-2H3/t23?,24?,25?,26-,27+,29+,30+/m0/s1. The van der Waals surface area contributed by atoms with E-state index in [0.717, 1.165) is 38.8 Å². The van der Waals surface area contributed by atoms with Crippen LogP contribution >= 0.6 is 0 Å². The molecule has 2 amide bonds. The maximum Gasteiger partial charge on any atom is 0.410 e. The second-order valence-electron chi connectivity index (χ2n) is 14.4. The lowest BCUT2D eigenvalue weighted by atomic mass is 9.57. The van der Waals surface area contributed by atoms with Crippen LogP contribution in [0.25, 0.3) is 0 Å². The molecule has 2 saturated carbocycles. The molecule has 2 heterocycles. The number of hydrogen-bond acceptors (Lipinski definition) is 10. The third-order valence-corrected chi connectivity index (χ3v) is 10.5. The van der Waals surface area contributed by atoms with Crippen LogP contribution in [0, 0.1) is 23.2 Å². The highest BCUT2D eigenvalue weighted by atomic mass is 19.1. The molecule has 2 aliphatic heterocycles. The van der Waals surface area contributed by atoms with Gasteiger partial charge in [-0.1, -0.05) is 0 Å². The predicted molar refractivity (Wildman–Crippen MR) is 163 cm³/mol. The molecule has 12 nitrogen and oxygen atoms in total. The zero-order chi connectivity index (χ0) is 32.7. The Kier molecular flexibility index (Phi) is 13.3. The molecule has 6 N–H and O–H groups in total. The van der Waals surface area contributed by atoms with Crippen LogP contribution in [-0.4, -0.2) is 143 Å². The molecule has 7 atom stereocenters. The van der Waals surface area contributed by atoms with Gasteiger partial charge in [0, 0.05) is 64.6 Å². The van der Waals surface area contributed by atoms with E-state index in [1.807, 2.05) is 18.7 Å². The number of halogens is 1. The van der Waals surface area contributed by atoms with E-state index < -0.39 is 37.2 Å². The van der Waals surface area contributed by atoms with E-state index in [4.69, 9.17) is 14.6 Å². The molecule has 4 rings (SSSR count). The monoisotopic (exact) mass is 645 g/mol. The Morgan fingerprint density at radius 1 is 0.978 bits per heavy atom. The van der Waals surface area contributed by atoms with Crippen molar-refractivity contribution in [2.75, 3.05) is 52.5 Å². The van der Waals surface area contributed by atoms with Crippen molar-refractivity contribution in [1.29, 1.82) is 0 Å². The predicted octanol–water partition coefficient (Wildman–Crippen LogP) is 0.811. The van der Waals surface area contributed by atoms with Gasteiger partial charge >= 0.3 is 6.09 Å². The highest BCUT2D eigenvalue weighted by molar-refractivity contribution is 5.77. The molecule has 0 radical (unpaired) electrons. The van der Waals surface area contributed by atoms with Gasteiger partial charge in [0.25, 0.3) is 0 Å². The summed E-state index contributed by atoms with van der Waals surface area (Å²) < 4.78 is 26.4. The average molecular weight is 646 g/mol. The van der Waals surface area contributed by atoms with E-state index >= 15 is 4.39 Å². The quantitative estimate of drug-likeness (QED) is 0.150. The number of ether oxygens (including phenoxy) is 2. The molecular formula is C32H56FN3O9. The number of amides is 2. The minimum Gasteiger partial charge on any atom is -0.447 e. The van der Waals surface area contributed by atoms with Gasteiger partial charge in [0.2, 0.25) is 5.91 Å². The topological polar surface area (TPSA) is 172 Å². The number of likely N-dealkylation sites (tertiary alicyclic amines) is 2. The molecule has 1 spiro atoms. The van der Waals surface area contributed by atoms with Crippen molar-refractivity contribution in [3.63, 3.8) is 0 Å². The van der Waals surface area contributed by atoms with E-state index in [2.05, 4.69) is 5.32 Å². The number of hydrogen-bond donors (Lipinski definition) is 6. The van der Waals surface area contributed by atoms with Crippen molar-refractivity contribution < 1.29 is 49.0 Å². The van der Waals surface area contributed by atoms with Gasteiger partial charge in [0.15, 0.2) is 0 Å². The second kappa shape index (κ2) is 16.5. The minimum atomic E-state index is -1.66. The summed E-state index contributed by atoms with van der Waals surface area (Å²) in [6, 6.07) is 0. The molecule has 0 bridgehead atoms. The average Bonchev–Trinajstić information content (AvgIpc) is 2.97. The summed E-state index contributed by atoms with van der Waals surface area (Å²) in [6.07, 6.45) is -0.307. The Morgan fingerprint density at radius 3 is 2.27 bits per heavy atom. The van der Waals surface area contributed by atoms with Gasteiger partial charge in [0.1, 0.15) is 24.5 Å². The summed E-state index contributed by atoms with van der Waals surface area (Å²) in [4.78, 5) is 28.4. The molecule has 0 aromatic carbocycles. The van der Waals surface area contributed by atoms with Gasteiger partial charge in [-0.3, -0.25) is 4.79 Å². The van der Waals surface area contributed by atoms with Crippen molar-refractivity contribution in [3.8, 4) is 0 Å². The molecule has 260 valence electrons. The molecular weight excluding hydrogens is 589 g/mol. The Labute approximate surface area is 266 Å². The van der Waals surface area contributed by atoms with Crippen LogP contribution in [0.1, 0.15) is 71.6 Å². The van der Waals surface area contributed by atoms with Crippen LogP contribution in [0.4, 0.5) is 9.18 Å². The third-order valence-electron chi connectivity index (χ3n) is 10.5. The fraction of sp³-hybridized carbons (Fsp3) is 0.938. The summed E-state index contributed by atoms with van der Waals surface area (Å²) in [5.74, 6) is 0.460. The first kappa shape index (κ1) is 36.2. The lowest BCUT2D eigenvalue weighted by molar-refractivity contribution is -0.140. The molecule has 0 aromatic heterocycles. The molecule has 4 fully saturated rings. The SMILES string of the molecule is CC(C)OC(=O)N1CCC2(CC1)CC(CCOC1CCC(CC(=O)N3CC(CNC[C@H](O)[C@@H](O)[C@H](O)[C@H](O)CO)C3)C(F)C1)C2. The van der Waals surface area contributed by atoms with Gasteiger partial charge in [-0.05, 0) is 76.0 Å². The Bertz CT molecular complexity index is 939. The number of rotatable bonds is 15. The van der Waals surface area contributed by atoms with Crippen molar-refractivity contribution in [3.05, 3.63) is 0 Å². The van der Waals surface area contributed by atoms with E-state index in [1.54, 1.807) is 4.90 Å². The van der Waals surface area contributed by atoms with Crippen molar-refractivity contribution in [2.24, 2.45) is 23.2 Å². The number of nitrogens with zero attached hydrogens (tertiary/aromatic N) is 2. The Hall–Kier alpha value is -1.61. The molecule has 0 aromatic rings. The van der Waals surface area contributed by atoms with Crippen molar-refractivity contribution in [1.82, 2.24) is 15.1 Å². The summed E-state index contributed by atoms with van der Waals surface area (Å²) in [7, 11) is 0. The van der Waals surface area contributed by atoms with Crippen LogP contribution in [0.2, 0.25) is 0 Å². The highest BCUT2D eigenvalue weighted by Crippen LogP contribution is 2.53. The second-order valence-corrected chi connectivity index (χ2v) is 14.4. The van der Waals surface area contributed by atoms with Crippen LogP contribution in [0.5, 0.6) is 0 Å². The van der Waals surface area contributed by atoms with Crippen molar-refractivity contribution >= 4 is 12.0 Å². The summed E-state index contributed by atoms with van der Waals surface area (Å²) >= 11 is 0. The maximum absolute atomic E-state index is 15.0. The number of aliphatic hydroxyl groups excluding tert-OH is 5. The molecule has 2 aliphatic carbocycles. The van der Waals surface area contributed by atoms with Crippen LogP contribution in [0.15, 0.2) is 0 Å². The van der Waals surface area contributed by atoms with Crippen LogP contribution < -0.4 is 5.32 Å². The van der Waals surface area contributed by atoms with Gasteiger partial charge < -0.3 is 50.1 Å². The lowest BCUT2D eigenvalue weighted by Crippen LogP contribution is -2.55. The number of aliphatic hydroxyl groups is 5. The zero-order valence-corrected chi connectivity index (χ0v) is 26.9. The molecule has 45 heavy (non-hydrogen) atoms. The lowest BCUT2D eigenvalue weighted by Gasteiger charge is -2.52.